The van der Waals surface area contributed by atoms with E-state index in [1.807, 2.05) is 36.9 Å². The van der Waals surface area contributed by atoms with Crippen molar-refractivity contribution in [2.45, 2.75) is 45.6 Å². The van der Waals surface area contributed by atoms with E-state index in [-0.39, 0.29) is 12.4 Å². The molecule has 0 spiro atoms. The van der Waals surface area contributed by atoms with Crippen LogP contribution in [0.15, 0.2) is 59.2 Å². The molecule has 0 bridgehead atoms. The fourth-order valence-electron chi connectivity index (χ4n) is 4.49. The minimum absolute atomic E-state index is 0.0736. The van der Waals surface area contributed by atoms with Crippen molar-refractivity contribution in [1.29, 1.82) is 0 Å². The van der Waals surface area contributed by atoms with Crippen molar-refractivity contribution in [2.24, 2.45) is 7.05 Å². The zero-order valence-corrected chi connectivity index (χ0v) is 18.9. The van der Waals surface area contributed by atoms with E-state index in [0.717, 1.165) is 24.2 Å². The minimum Gasteiger partial charge on any atom is -0.461 e. The molecule has 32 heavy (non-hydrogen) atoms. The van der Waals surface area contributed by atoms with Gasteiger partial charge in [0.25, 0.3) is 0 Å². The van der Waals surface area contributed by atoms with Gasteiger partial charge in [-0.2, -0.15) is 0 Å². The number of esters is 1. The lowest BCUT2D eigenvalue weighted by molar-refractivity contribution is -0.139. The fraction of sp³-hybridized carbons (Fsp3) is 0.400. The summed E-state index contributed by atoms with van der Waals surface area (Å²) in [7, 11) is 1.88. The van der Waals surface area contributed by atoms with Crippen molar-refractivity contribution < 1.29 is 14.3 Å². The van der Waals surface area contributed by atoms with Gasteiger partial charge in [-0.25, -0.2) is 9.78 Å². The molecule has 0 saturated heterocycles. The molecule has 1 unspecified atom stereocenters. The summed E-state index contributed by atoms with van der Waals surface area (Å²) in [6, 6.07) is 8.20. The highest BCUT2D eigenvalue weighted by Crippen LogP contribution is 2.41. The van der Waals surface area contributed by atoms with Gasteiger partial charge in [0, 0.05) is 55.9 Å². The second-order valence-electron chi connectivity index (χ2n) is 8.40. The summed E-state index contributed by atoms with van der Waals surface area (Å²) in [5, 5.41) is 6.63. The molecule has 1 atom stereocenters. The minimum atomic E-state index is -0.508. The Bertz CT molecular complexity index is 1100. The molecule has 0 fully saturated rings. The van der Waals surface area contributed by atoms with Gasteiger partial charge in [-0.15, -0.1) is 0 Å². The Balaban J connectivity index is 1.47. The summed E-state index contributed by atoms with van der Waals surface area (Å²) in [5.41, 5.74) is 5.20. The Labute approximate surface area is 188 Å². The molecule has 1 aromatic carbocycles. The van der Waals surface area contributed by atoms with Crippen LogP contribution in [0.1, 0.15) is 49.1 Å². The molecular formula is C25H30N4O3. The van der Waals surface area contributed by atoms with Gasteiger partial charge >= 0.3 is 5.97 Å². The first kappa shape index (κ1) is 22.0. The standard InChI is InChI=1S/C25H30N4O3/c1-16-7-4-5-8-18(16)15-26-12-14-32-25(31)21-17(2)28-19-9-6-10-20(30)22(19)23(21)24-27-11-13-29(24)3/h4-5,7-8,11,13,23,26,28H,6,9-10,12,14-15H2,1-3H3. The zero-order valence-electron chi connectivity index (χ0n) is 18.9. The summed E-state index contributed by atoms with van der Waals surface area (Å²) < 4.78 is 7.50. The Kier molecular flexibility index (Phi) is 6.55. The van der Waals surface area contributed by atoms with E-state index in [1.54, 1.807) is 6.20 Å². The average Bonchev–Trinajstić information content (AvgIpc) is 3.19. The molecule has 0 saturated carbocycles. The lowest BCUT2D eigenvalue weighted by Crippen LogP contribution is -2.35. The molecule has 7 nitrogen and oxygen atoms in total. The van der Waals surface area contributed by atoms with E-state index in [2.05, 4.69) is 34.7 Å². The van der Waals surface area contributed by atoms with Crippen LogP contribution in [-0.4, -0.2) is 34.5 Å². The van der Waals surface area contributed by atoms with Crippen molar-refractivity contribution in [3.05, 3.63) is 76.2 Å². The number of ether oxygens (including phenoxy) is 1. The van der Waals surface area contributed by atoms with Gasteiger partial charge in [0.15, 0.2) is 5.78 Å². The highest BCUT2D eigenvalue weighted by Gasteiger charge is 2.40. The maximum atomic E-state index is 13.2. The fourth-order valence-corrected chi connectivity index (χ4v) is 4.49. The molecule has 7 heteroatoms. The van der Waals surface area contributed by atoms with Crippen LogP contribution in [0.2, 0.25) is 0 Å². The van der Waals surface area contributed by atoms with Crippen LogP contribution in [0.25, 0.3) is 0 Å². The summed E-state index contributed by atoms with van der Waals surface area (Å²) in [5.74, 6) is -0.167. The molecule has 2 N–H and O–H groups in total. The maximum absolute atomic E-state index is 13.2. The van der Waals surface area contributed by atoms with Crippen LogP contribution < -0.4 is 10.6 Å². The molecule has 0 radical (unpaired) electrons. The van der Waals surface area contributed by atoms with E-state index in [0.29, 0.717) is 36.5 Å². The second-order valence-corrected chi connectivity index (χ2v) is 8.40. The second kappa shape index (κ2) is 9.53. The number of dihydropyridines is 1. The number of allylic oxidation sites excluding steroid dienone is 3. The summed E-state index contributed by atoms with van der Waals surface area (Å²) in [4.78, 5) is 30.5. The van der Waals surface area contributed by atoms with Crippen LogP contribution in [0.3, 0.4) is 0 Å². The number of hydrogen-bond donors (Lipinski definition) is 2. The SMILES string of the molecule is CC1=C(C(=O)OCCNCc2ccccc2C)C(c2nccn2C)C2=C(CCCC2=O)N1. The third-order valence-electron chi connectivity index (χ3n) is 6.20. The van der Waals surface area contributed by atoms with Crippen LogP contribution >= 0.6 is 0 Å². The summed E-state index contributed by atoms with van der Waals surface area (Å²) >= 11 is 0. The van der Waals surface area contributed by atoms with Crippen molar-refractivity contribution >= 4 is 11.8 Å². The number of ketones is 1. The molecule has 168 valence electrons. The Morgan fingerprint density at radius 2 is 2.09 bits per heavy atom. The van der Waals surface area contributed by atoms with E-state index in [1.165, 1.54) is 11.1 Å². The summed E-state index contributed by atoms with van der Waals surface area (Å²) in [6.45, 7) is 5.45. The summed E-state index contributed by atoms with van der Waals surface area (Å²) in [6.07, 6.45) is 5.63. The monoisotopic (exact) mass is 434 g/mol. The van der Waals surface area contributed by atoms with E-state index >= 15 is 0 Å². The number of benzene rings is 1. The van der Waals surface area contributed by atoms with Gasteiger partial charge in [-0.3, -0.25) is 4.79 Å². The molecule has 1 aliphatic heterocycles. The van der Waals surface area contributed by atoms with E-state index in [4.69, 9.17) is 4.74 Å². The predicted octanol–water partition coefficient (Wildman–Crippen LogP) is 3.03. The normalized spacial score (nSPS) is 18.5. The van der Waals surface area contributed by atoms with Crippen LogP contribution in [0.5, 0.6) is 0 Å². The highest BCUT2D eigenvalue weighted by atomic mass is 16.5. The first-order chi connectivity index (χ1) is 15.5. The van der Waals surface area contributed by atoms with Gasteiger partial charge in [0.1, 0.15) is 12.4 Å². The molecule has 2 aromatic rings. The quantitative estimate of drug-likeness (QED) is 0.515. The molecule has 0 amide bonds. The van der Waals surface area contributed by atoms with Crippen molar-refractivity contribution in [3.63, 3.8) is 0 Å². The molecule has 2 aliphatic rings. The Hall–Kier alpha value is -3.19. The first-order valence-corrected chi connectivity index (χ1v) is 11.1. The largest absolute Gasteiger partial charge is 0.461 e. The molecular weight excluding hydrogens is 404 g/mol. The number of Topliss-reactive ketones (excluding diaryl/α,β-unsaturated/α-hetero) is 1. The van der Waals surface area contributed by atoms with Gasteiger partial charge in [0.05, 0.1) is 11.5 Å². The number of aryl methyl sites for hydroxylation is 2. The Morgan fingerprint density at radius 1 is 1.28 bits per heavy atom. The third-order valence-corrected chi connectivity index (χ3v) is 6.20. The number of carbonyl (C=O) groups is 2. The number of rotatable bonds is 7. The number of nitrogens with zero attached hydrogens (tertiary/aromatic N) is 2. The van der Waals surface area contributed by atoms with Crippen LogP contribution in [0, 0.1) is 6.92 Å². The zero-order chi connectivity index (χ0) is 22.7. The number of hydrogen-bond acceptors (Lipinski definition) is 6. The smallest absolute Gasteiger partial charge is 0.336 e. The lowest BCUT2D eigenvalue weighted by Gasteiger charge is -2.33. The maximum Gasteiger partial charge on any atom is 0.336 e. The first-order valence-electron chi connectivity index (χ1n) is 11.1. The van der Waals surface area contributed by atoms with Gasteiger partial charge in [-0.05, 0) is 37.8 Å². The average molecular weight is 435 g/mol. The van der Waals surface area contributed by atoms with Crippen molar-refractivity contribution in [1.82, 2.24) is 20.2 Å². The topological polar surface area (TPSA) is 85.2 Å². The van der Waals surface area contributed by atoms with Crippen LogP contribution in [-0.2, 0) is 27.9 Å². The predicted molar refractivity (Wildman–Crippen MR) is 122 cm³/mol. The van der Waals surface area contributed by atoms with Gasteiger partial charge in [0.2, 0.25) is 0 Å². The number of carbonyl (C=O) groups excluding carboxylic acids is 2. The molecule has 1 aliphatic carbocycles. The van der Waals surface area contributed by atoms with Gasteiger partial charge in [-0.1, -0.05) is 24.3 Å². The molecule has 1 aromatic heterocycles. The molecule has 4 rings (SSSR count). The Morgan fingerprint density at radius 3 is 2.84 bits per heavy atom. The van der Waals surface area contributed by atoms with E-state index in [9.17, 15) is 9.59 Å². The van der Waals surface area contributed by atoms with Crippen molar-refractivity contribution in [2.75, 3.05) is 13.2 Å². The highest BCUT2D eigenvalue weighted by molar-refractivity contribution is 6.03. The lowest BCUT2D eigenvalue weighted by atomic mass is 9.78. The van der Waals surface area contributed by atoms with Gasteiger partial charge < -0.3 is 19.9 Å². The molecule has 2 heterocycles. The number of aromatic nitrogens is 2. The number of imidazole rings is 1. The van der Waals surface area contributed by atoms with E-state index < -0.39 is 11.9 Å². The number of nitrogens with one attached hydrogen (secondary N) is 2. The van der Waals surface area contributed by atoms with Crippen molar-refractivity contribution in [3.8, 4) is 0 Å². The van der Waals surface area contributed by atoms with Crippen LogP contribution in [0.4, 0.5) is 0 Å². The third kappa shape index (κ3) is 4.39.